The molecule has 0 spiro atoms. The molecule has 0 aromatic rings. The normalized spacial score (nSPS) is 14.0. The van der Waals surface area contributed by atoms with Crippen molar-refractivity contribution in [2.24, 2.45) is 0 Å². The summed E-state index contributed by atoms with van der Waals surface area (Å²) in [6.45, 7) is 9.97. The van der Waals surface area contributed by atoms with Crippen LogP contribution >= 0.6 is 11.8 Å². The van der Waals surface area contributed by atoms with E-state index >= 15 is 0 Å². The predicted octanol–water partition coefficient (Wildman–Crippen LogP) is 12.4. The summed E-state index contributed by atoms with van der Waals surface area (Å²) >= 11 is 1.65. The third-order valence-electron chi connectivity index (χ3n) is 11.3. The predicted molar refractivity (Wildman–Crippen MR) is 253 cm³/mol. The zero-order chi connectivity index (χ0) is 42.5. The highest BCUT2D eigenvalue weighted by atomic mass is 32.2. The Morgan fingerprint density at radius 3 is 1.64 bits per heavy atom. The minimum absolute atomic E-state index is 0.0455. The molecule has 1 fully saturated rings. The van der Waals surface area contributed by atoms with Crippen LogP contribution in [0.15, 0.2) is 24.3 Å². The molecule has 1 saturated heterocycles. The maximum absolute atomic E-state index is 13.2. The molecule has 0 aliphatic carbocycles. The van der Waals surface area contributed by atoms with Crippen molar-refractivity contribution in [3.05, 3.63) is 24.3 Å². The minimum Gasteiger partial charge on any atom is -0.466 e. The number of amides is 2. The van der Waals surface area contributed by atoms with Crippen molar-refractivity contribution in [3.63, 3.8) is 0 Å². The number of carbonyl (C=O) groups excluding carboxylic acids is 3. The maximum Gasteiger partial charge on any atom is 0.306 e. The lowest BCUT2D eigenvalue weighted by Crippen LogP contribution is -2.47. The number of carbonyl (C=O) groups is 3. The van der Waals surface area contributed by atoms with Crippen LogP contribution in [0.1, 0.15) is 213 Å². The first kappa shape index (κ1) is 55.2. The van der Waals surface area contributed by atoms with E-state index in [2.05, 4.69) is 53.7 Å². The van der Waals surface area contributed by atoms with E-state index in [1.54, 1.807) is 11.8 Å². The van der Waals surface area contributed by atoms with Crippen LogP contribution in [0.25, 0.3) is 0 Å². The van der Waals surface area contributed by atoms with Crippen LogP contribution in [0.2, 0.25) is 0 Å². The summed E-state index contributed by atoms with van der Waals surface area (Å²) < 4.78 is 10.9. The Morgan fingerprint density at radius 1 is 0.610 bits per heavy atom. The van der Waals surface area contributed by atoms with Crippen molar-refractivity contribution < 1.29 is 23.9 Å². The second-order valence-electron chi connectivity index (χ2n) is 16.9. The van der Waals surface area contributed by atoms with Gasteiger partial charge >= 0.3 is 5.97 Å². The number of hydrogen-bond donors (Lipinski definition) is 2. The SMILES string of the molecule is CCCCCCCCC=CCCCCCCCCOC(=O)CCSCCC(NC(=O)CCCCCCC/C=C\CCCCCCCC)C(=O)NCCCN1CCOCC1. The van der Waals surface area contributed by atoms with E-state index in [0.717, 1.165) is 77.8 Å². The summed E-state index contributed by atoms with van der Waals surface area (Å²) in [5.41, 5.74) is 0. The number of ether oxygens (including phenoxy) is 2. The number of thioether (sulfide) groups is 1. The molecule has 9 heteroatoms. The average Bonchev–Trinajstić information content (AvgIpc) is 3.24. The first-order chi connectivity index (χ1) is 29.1. The van der Waals surface area contributed by atoms with Gasteiger partial charge in [0.05, 0.1) is 26.2 Å². The van der Waals surface area contributed by atoms with Crippen LogP contribution < -0.4 is 10.6 Å². The maximum atomic E-state index is 13.2. The summed E-state index contributed by atoms with van der Waals surface area (Å²) in [6, 6.07) is -0.556. The molecule has 1 atom stereocenters. The van der Waals surface area contributed by atoms with Gasteiger partial charge in [0.1, 0.15) is 6.04 Å². The molecule has 1 unspecified atom stereocenters. The third-order valence-corrected chi connectivity index (χ3v) is 12.3. The monoisotopic (exact) mass is 848 g/mol. The van der Waals surface area contributed by atoms with E-state index in [1.807, 2.05) is 0 Å². The Hall–Kier alpha value is -1.84. The second-order valence-corrected chi connectivity index (χ2v) is 18.1. The molecular formula is C50H93N3O5S. The number of esters is 1. The van der Waals surface area contributed by atoms with Crippen LogP contribution in [0, 0.1) is 0 Å². The largest absolute Gasteiger partial charge is 0.466 e. The summed E-state index contributed by atoms with van der Waals surface area (Å²) in [5.74, 6) is 1.05. The smallest absolute Gasteiger partial charge is 0.306 e. The van der Waals surface area contributed by atoms with Gasteiger partial charge in [-0.15, -0.1) is 0 Å². The fourth-order valence-corrected chi connectivity index (χ4v) is 8.34. The molecule has 344 valence electrons. The van der Waals surface area contributed by atoms with Crippen molar-refractivity contribution in [3.8, 4) is 0 Å². The number of nitrogens with zero attached hydrogens (tertiary/aromatic N) is 1. The van der Waals surface area contributed by atoms with Gasteiger partial charge in [-0.05, 0) is 89.3 Å². The van der Waals surface area contributed by atoms with Gasteiger partial charge in [-0.2, -0.15) is 11.8 Å². The quantitative estimate of drug-likeness (QED) is 0.0358. The van der Waals surface area contributed by atoms with Crippen molar-refractivity contribution >= 4 is 29.5 Å². The first-order valence-electron chi connectivity index (χ1n) is 25.0. The number of unbranched alkanes of at least 4 members (excludes halogenated alkanes) is 23. The molecule has 0 radical (unpaired) electrons. The van der Waals surface area contributed by atoms with Crippen molar-refractivity contribution in [2.75, 3.05) is 57.5 Å². The zero-order valence-corrected chi connectivity index (χ0v) is 39.4. The Balaban J connectivity index is 2.18. The van der Waals surface area contributed by atoms with Crippen molar-refractivity contribution in [1.29, 1.82) is 0 Å². The lowest BCUT2D eigenvalue weighted by atomic mass is 10.1. The van der Waals surface area contributed by atoms with Crippen LogP contribution in [-0.2, 0) is 23.9 Å². The standard InChI is InChI=1S/C50H93N3O5S/c1-3-5-7-9-11-13-15-17-19-21-23-25-27-29-31-33-42-58-49(55)37-46-59-45-36-47(50(56)51-38-34-39-53-40-43-57-44-41-53)52-48(54)35-32-30-28-26-24-22-20-18-16-14-12-10-8-6-4-2/h17-20,47H,3-16,21-46H2,1-2H3,(H,51,56)(H,52,54)/b19-17?,20-18-. The molecule has 0 saturated carbocycles. The molecule has 2 amide bonds. The van der Waals surface area contributed by atoms with E-state index < -0.39 is 6.04 Å². The molecule has 1 rings (SSSR count). The molecule has 1 aliphatic heterocycles. The number of morpholine rings is 1. The Bertz CT molecular complexity index is 1020. The van der Waals surface area contributed by atoms with Gasteiger partial charge in [0.15, 0.2) is 0 Å². The molecule has 0 aromatic heterocycles. The van der Waals surface area contributed by atoms with Crippen LogP contribution in [0.4, 0.5) is 0 Å². The van der Waals surface area contributed by atoms with Gasteiger partial charge in [0.25, 0.3) is 0 Å². The number of nitrogens with one attached hydrogen (secondary N) is 2. The van der Waals surface area contributed by atoms with E-state index in [4.69, 9.17) is 9.47 Å². The molecule has 59 heavy (non-hydrogen) atoms. The highest BCUT2D eigenvalue weighted by Crippen LogP contribution is 2.13. The highest BCUT2D eigenvalue weighted by Gasteiger charge is 2.20. The summed E-state index contributed by atoms with van der Waals surface area (Å²) in [6.07, 6.45) is 45.2. The molecule has 1 aliphatic rings. The second kappa shape index (κ2) is 44.2. The molecule has 0 bridgehead atoms. The van der Waals surface area contributed by atoms with Gasteiger partial charge in [-0.25, -0.2) is 0 Å². The fourth-order valence-electron chi connectivity index (χ4n) is 7.42. The number of hydrogen-bond acceptors (Lipinski definition) is 7. The number of allylic oxidation sites excluding steroid dienone is 4. The van der Waals surface area contributed by atoms with Crippen molar-refractivity contribution in [1.82, 2.24) is 15.5 Å². The van der Waals surface area contributed by atoms with E-state index in [0.29, 0.717) is 43.9 Å². The molecular weight excluding hydrogens is 755 g/mol. The van der Waals surface area contributed by atoms with E-state index in [9.17, 15) is 14.4 Å². The van der Waals surface area contributed by atoms with Crippen molar-refractivity contribution in [2.45, 2.75) is 219 Å². The summed E-state index contributed by atoms with van der Waals surface area (Å²) in [7, 11) is 0. The van der Waals surface area contributed by atoms with Gasteiger partial charge in [-0.1, -0.05) is 147 Å². The van der Waals surface area contributed by atoms with E-state index in [-0.39, 0.29) is 17.8 Å². The van der Waals surface area contributed by atoms with Gasteiger partial charge in [-0.3, -0.25) is 19.3 Å². The number of rotatable bonds is 43. The molecule has 1 heterocycles. The molecule has 0 aromatic carbocycles. The first-order valence-corrected chi connectivity index (χ1v) is 26.1. The van der Waals surface area contributed by atoms with Crippen LogP contribution in [0.3, 0.4) is 0 Å². The zero-order valence-electron chi connectivity index (χ0n) is 38.6. The average molecular weight is 848 g/mol. The molecule has 2 N–H and O–H groups in total. The highest BCUT2D eigenvalue weighted by molar-refractivity contribution is 7.99. The van der Waals surface area contributed by atoms with Gasteiger partial charge in [0, 0.05) is 31.8 Å². The fraction of sp³-hybridized carbons (Fsp3) is 0.860. The summed E-state index contributed by atoms with van der Waals surface area (Å²) in [5, 5.41) is 6.11. The van der Waals surface area contributed by atoms with E-state index in [1.165, 1.54) is 135 Å². The minimum atomic E-state index is -0.556. The topological polar surface area (TPSA) is 97.0 Å². The van der Waals surface area contributed by atoms with Crippen LogP contribution in [-0.4, -0.2) is 86.2 Å². The Morgan fingerprint density at radius 2 is 1.10 bits per heavy atom. The van der Waals surface area contributed by atoms with Gasteiger partial charge < -0.3 is 20.1 Å². The third kappa shape index (κ3) is 38.8. The van der Waals surface area contributed by atoms with Gasteiger partial charge in [0.2, 0.25) is 11.8 Å². The Labute approximate surface area is 368 Å². The summed E-state index contributed by atoms with van der Waals surface area (Å²) in [4.78, 5) is 40.8. The van der Waals surface area contributed by atoms with Crippen LogP contribution in [0.5, 0.6) is 0 Å². The lowest BCUT2D eigenvalue weighted by Gasteiger charge is -2.26. The lowest BCUT2D eigenvalue weighted by molar-refractivity contribution is -0.143. The molecule has 8 nitrogen and oxygen atoms in total. The Kier molecular flexibility index (Phi) is 41.4.